The van der Waals surface area contributed by atoms with Gasteiger partial charge in [0.25, 0.3) is 5.91 Å². The number of rotatable bonds is 3. The zero-order chi connectivity index (χ0) is 15.9. The number of ether oxygens (including phenoxy) is 1. The number of carbonyl (C=O) groups excluding carboxylic acids is 1. The summed E-state index contributed by atoms with van der Waals surface area (Å²) in [5.74, 6) is 0.793. The van der Waals surface area contributed by atoms with Gasteiger partial charge in [0.2, 0.25) is 5.88 Å². The van der Waals surface area contributed by atoms with E-state index < -0.39 is 0 Å². The molecule has 0 aromatic carbocycles. The number of aromatic nitrogens is 3. The Labute approximate surface area is 133 Å². The molecule has 0 bridgehead atoms. The van der Waals surface area contributed by atoms with Crippen LogP contribution in [-0.2, 0) is 7.05 Å². The van der Waals surface area contributed by atoms with Gasteiger partial charge in [-0.3, -0.25) is 4.79 Å². The van der Waals surface area contributed by atoms with Gasteiger partial charge in [-0.2, -0.15) is 5.10 Å². The Balaban J connectivity index is 1.95. The van der Waals surface area contributed by atoms with Gasteiger partial charge in [-0.15, -0.1) is 11.3 Å². The van der Waals surface area contributed by atoms with Crippen LogP contribution in [-0.4, -0.2) is 39.2 Å². The fourth-order valence-electron chi connectivity index (χ4n) is 3.19. The van der Waals surface area contributed by atoms with Crippen molar-refractivity contribution in [2.24, 2.45) is 7.05 Å². The Morgan fingerprint density at radius 3 is 2.86 bits per heavy atom. The fraction of sp³-hybridized carbons (Fsp3) is 0.533. The van der Waals surface area contributed by atoms with Crippen LogP contribution in [0.15, 0.2) is 6.20 Å². The van der Waals surface area contributed by atoms with Crippen LogP contribution in [0.5, 0.6) is 5.88 Å². The van der Waals surface area contributed by atoms with Gasteiger partial charge in [0, 0.05) is 13.6 Å². The highest BCUT2D eigenvalue weighted by atomic mass is 32.1. The molecule has 1 saturated heterocycles. The van der Waals surface area contributed by atoms with Gasteiger partial charge >= 0.3 is 0 Å². The normalized spacial score (nSPS) is 18.0. The first-order valence-electron chi connectivity index (χ1n) is 7.33. The van der Waals surface area contributed by atoms with Crippen molar-refractivity contribution in [3.8, 4) is 5.88 Å². The quantitative estimate of drug-likeness (QED) is 0.872. The van der Waals surface area contributed by atoms with Crippen molar-refractivity contribution in [2.75, 3.05) is 13.7 Å². The first kappa shape index (κ1) is 15.0. The van der Waals surface area contributed by atoms with Crippen LogP contribution < -0.4 is 4.74 Å². The lowest BCUT2D eigenvalue weighted by molar-refractivity contribution is 0.0738. The third-order valence-corrected chi connectivity index (χ3v) is 4.99. The zero-order valence-electron chi connectivity index (χ0n) is 13.3. The lowest BCUT2D eigenvalue weighted by Crippen LogP contribution is -2.30. The van der Waals surface area contributed by atoms with Crippen molar-refractivity contribution in [2.45, 2.75) is 32.7 Å². The molecule has 1 atom stereocenters. The molecule has 0 spiro atoms. The second-order valence-corrected chi connectivity index (χ2v) is 6.77. The molecule has 0 saturated carbocycles. The van der Waals surface area contributed by atoms with E-state index in [1.807, 2.05) is 25.8 Å². The summed E-state index contributed by atoms with van der Waals surface area (Å²) >= 11 is 1.44. The molecule has 1 aliphatic heterocycles. The highest BCUT2D eigenvalue weighted by molar-refractivity contribution is 7.13. The summed E-state index contributed by atoms with van der Waals surface area (Å²) < 4.78 is 7.24. The molecular formula is C15H20N4O2S. The number of aryl methyl sites for hydroxylation is 3. The van der Waals surface area contributed by atoms with Crippen molar-refractivity contribution in [1.82, 2.24) is 19.7 Å². The molecule has 0 radical (unpaired) electrons. The SMILES string of the molecule is COc1c(C2CCCN2C(=O)c2cnc(C)s2)c(C)nn1C. The molecule has 22 heavy (non-hydrogen) atoms. The van der Waals surface area contributed by atoms with Crippen LogP contribution in [0.2, 0.25) is 0 Å². The van der Waals surface area contributed by atoms with Gasteiger partial charge in [-0.05, 0) is 26.7 Å². The number of likely N-dealkylation sites (tertiary alicyclic amines) is 1. The minimum absolute atomic E-state index is 0.0264. The standard InChI is InChI=1S/C15H20N4O2S/c1-9-13(15(21-4)18(3)17-9)11-6-5-7-19(11)14(20)12-8-16-10(2)22-12/h8,11H,5-7H2,1-4H3. The largest absolute Gasteiger partial charge is 0.481 e. The molecule has 1 fully saturated rings. The van der Waals surface area contributed by atoms with Crippen molar-refractivity contribution in [3.63, 3.8) is 0 Å². The predicted molar refractivity (Wildman–Crippen MR) is 84.4 cm³/mol. The van der Waals surface area contributed by atoms with Gasteiger partial charge in [-0.1, -0.05) is 0 Å². The van der Waals surface area contributed by atoms with E-state index in [2.05, 4.69) is 10.1 Å². The Morgan fingerprint density at radius 2 is 2.23 bits per heavy atom. The van der Waals surface area contributed by atoms with Crippen molar-refractivity contribution < 1.29 is 9.53 Å². The van der Waals surface area contributed by atoms with E-state index >= 15 is 0 Å². The number of hydrogen-bond acceptors (Lipinski definition) is 5. The molecule has 7 heteroatoms. The average molecular weight is 320 g/mol. The molecule has 118 valence electrons. The van der Waals surface area contributed by atoms with E-state index in [0.717, 1.165) is 41.5 Å². The number of carbonyl (C=O) groups is 1. The second kappa shape index (κ2) is 5.72. The Kier molecular flexibility index (Phi) is 3.90. The molecule has 3 heterocycles. The molecule has 2 aromatic heterocycles. The Bertz CT molecular complexity index is 706. The number of amides is 1. The lowest BCUT2D eigenvalue weighted by Gasteiger charge is -2.24. The highest BCUT2D eigenvalue weighted by Crippen LogP contribution is 2.39. The van der Waals surface area contributed by atoms with Gasteiger partial charge < -0.3 is 9.64 Å². The summed E-state index contributed by atoms with van der Waals surface area (Å²) in [4.78, 5) is 19.6. The summed E-state index contributed by atoms with van der Waals surface area (Å²) in [5.41, 5.74) is 1.95. The van der Waals surface area contributed by atoms with Crippen LogP contribution in [0.1, 0.15) is 44.8 Å². The van der Waals surface area contributed by atoms with Crippen LogP contribution in [0.4, 0.5) is 0 Å². The van der Waals surface area contributed by atoms with Crippen molar-refractivity contribution in [1.29, 1.82) is 0 Å². The van der Waals surface area contributed by atoms with E-state index in [0.29, 0.717) is 4.88 Å². The molecule has 2 aromatic rings. The van der Waals surface area contributed by atoms with Crippen LogP contribution in [0, 0.1) is 13.8 Å². The van der Waals surface area contributed by atoms with Gasteiger partial charge in [0.1, 0.15) is 4.88 Å². The minimum Gasteiger partial charge on any atom is -0.481 e. The van der Waals surface area contributed by atoms with Crippen LogP contribution in [0.3, 0.4) is 0 Å². The number of nitrogens with zero attached hydrogens (tertiary/aromatic N) is 4. The number of thiazole rings is 1. The molecule has 1 amide bonds. The minimum atomic E-state index is 0.0264. The lowest BCUT2D eigenvalue weighted by atomic mass is 10.0. The monoisotopic (exact) mass is 320 g/mol. The van der Waals surface area contributed by atoms with E-state index in [-0.39, 0.29) is 11.9 Å². The summed E-state index contributed by atoms with van der Waals surface area (Å²) in [7, 11) is 3.51. The van der Waals surface area contributed by atoms with E-state index in [4.69, 9.17) is 4.74 Å². The van der Waals surface area contributed by atoms with Gasteiger partial charge in [0.15, 0.2) is 0 Å². The predicted octanol–water partition coefficient (Wildman–Crippen LogP) is 2.48. The zero-order valence-corrected chi connectivity index (χ0v) is 14.1. The number of hydrogen-bond donors (Lipinski definition) is 0. The van der Waals surface area contributed by atoms with E-state index in [1.165, 1.54) is 11.3 Å². The summed E-state index contributed by atoms with van der Waals surface area (Å²) in [6, 6.07) is 0.0264. The molecule has 1 aliphatic rings. The summed E-state index contributed by atoms with van der Waals surface area (Å²) in [6.45, 7) is 4.64. The molecule has 6 nitrogen and oxygen atoms in total. The first-order chi connectivity index (χ1) is 10.5. The average Bonchev–Trinajstić information content (AvgIpc) is 3.16. The maximum absolute atomic E-state index is 12.8. The molecule has 1 unspecified atom stereocenters. The van der Waals surface area contributed by atoms with Crippen molar-refractivity contribution >= 4 is 17.2 Å². The Hall–Kier alpha value is -1.89. The highest BCUT2D eigenvalue weighted by Gasteiger charge is 2.35. The number of methoxy groups -OCH3 is 1. The maximum Gasteiger partial charge on any atom is 0.266 e. The van der Waals surface area contributed by atoms with Gasteiger partial charge in [0.05, 0.1) is 35.6 Å². The fourth-order valence-corrected chi connectivity index (χ4v) is 3.92. The van der Waals surface area contributed by atoms with Crippen molar-refractivity contribution in [3.05, 3.63) is 27.3 Å². The molecular weight excluding hydrogens is 300 g/mol. The van der Waals surface area contributed by atoms with E-state index in [9.17, 15) is 4.79 Å². The van der Waals surface area contributed by atoms with Crippen LogP contribution >= 0.6 is 11.3 Å². The molecule has 0 aliphatic carbocycles. The smallest absolute Gasteiger partial charge is 0.266 e. The Morgan fingerprint density at radius 1 is 1.45 bits per heavy atom. The second-order valence-electron chi connectivity index (χ2n) is 5.53. The third kappa shape index (κ3) is 2.39. The summed E-state index contributed by atoms with van der Waals surface area (Å²) in [6.07, 6.45) is 3.60. The van der Waals surface area contributed by atoms with E-state index in [1.54, 1.807) is 18.0 Å². The molecule has 3 rings (SSSR count). The third-order valence-electron chi connectivity index (χ3n) is 4.09. The topological polar surface area (TPSA) is 60.2 Å². The van der Waals surface area contributed by atoms with Crippen LogP contribution in [0.25, 0.3) is 0 Å². The molecule has 0 N–H and O–H groups in total. The first-order valence-corrected chi connectivity index (χ1v) is 8.15. The van der Waals surface area contributed by atoms with Gasteiger partial charge in [-0.25, -0.2) is 9.67 Å². The summed E-state index contributed by atoms with van der Waals surface area (Å²) in [5, 5.41) is 5.35. The maximum atomic E-state index is 12.8.